The summed E-state index contributed by atoms with van der Waals surface area (Å²) in [4.78, 5) is 0.194. The Kier molecular flexibility index (Phi) is 3.60. The number of sulfonamides is 1. The Morgan fingerprint density at radius 3 is 2.25 bits per heavy atom. The first-order valence-corrected chi connectivity index (χ1v) is 6.57. The molecule has 1 aromatic carbocycles. The monoisotopic (exact) mass is 242 g/mol. The van der Waals surface area contributed by atoms with Crippen LogP contribution >= 0.6 is 0 Å². The maximum Gasteiger partial charge on any atom is 0.244 e. The summed E-state index contributed by atoms with van der Waals surface area (Å²) < 4.78 is 25.5. The maximum atomic E-state index is 12.1. The number of hydrogen-bond donors (Lipinski definition) is 1. The van der Waals surface area contributed by atoms with Gasteiger partial charge in [0.15, 0.2) is 0 Å². The van der Waals surface area contributed by atoms with Crippen molar-refractivity contribution in [3.63, 3.8) is 0 Å². The van der Waals surface area contributed by atoms with E-state index in [4.69, 9.17) is 5.73 Å². The zero-order valence-electron chi connectivity index (χ0n) is 10.1. The Hall–Kier alpha value is -1.07. The molecule has 0 saturated carbocycles. The lowest BCUT2D eigenvalue weighted by atomic mass is 10.1. The third-order valence-corrected chi connectivity index (χ3v) is 4.75. The minimum absolute atomic E-state index is 0.194. The first kappa shape index (κ1) is 13.0. The molecule has 1 aromatic rings. The largest absolute Gasteiger partial charge is 0.398 e. The highest BCUT2D eigenvalue weighted by Gasteiger charge is 2.22. The molecule has 0 saturated heterocycles. The van der Waals surface area contributed by atoms with Crippen LogP contribution in [-0.2, 0) is 10.0 Å². The Bertz CT molecular complexity index is 495. The molecule has 0 aliphatic rings. The van der Waals surface area contributed by atoms with Gasteiger partial charge < -0.3 is 5.73 Å². The molecule has 0 heterocycles. The van der Waals surface area contributed by atoms with Gasteiger partial charge in [-0.1, -0.05) is 6.92 Å². The zero-order valence-corrected chi connectivity index (χ0v) is 10.9. The normalized spacial score (nSPS) is 12.1. The number of anilines is 1. The summed E-state index contributed by atoms with van der Waals surface area (Å²) in [5, 5.41) is 0. The van der Waals surface area contributed by atoms with Crippen molar-refractivity contribution < 1.29 is 8.42 Å². The van der Waals surface area contributed by atoms with Crippen LogP contribution in [0.2, 0.25) is 0 Å². The first-order valence-electron chi connectivity index (χ1n) is 5.13. The molecular formula is C11H18N2O2S. The fourth-order valence-electron chi connectivity index (χ4n) is 1.37. The fourth-order valence-corrected chi connectivity index (χ4v) is 2.73. The van der Waals surface area contributed by atoms with Crippen LogP contribution in [0.1, 0.15) is 18.1 Å². The molecule has 2 N–H and O–H groups in total. The van der Waals surface area contributed by atoms with E-state index in [2.05, 4.69) is 0 Å². The molecule has 5 heteroatoms. The zero-order chi connectivity index (χ0) is 12.5. The van der Waals surface area contributed by atoms with E-state index < -0.39 is 10.0 Å². The third kappa shape index (κ3) is 2.20. The van der Waals surface area contributed by atoms with Gasteiger partial charge >= 0.3 is 0 Å². The number of rotatable bonds is 3. The van der Waals surface area contributed by atoms with Gasteiger partial charge in [0, 0.05) is 13.6 Å². The first-order chi connectivity index (χ1) is 7.30. The molecule has 0 unspecified atom stereocenters. The van der Waals surface area contributed by atoms with Crippen molar-refractivity contribution in [3.8, 4) is 0 Å². The number of nitrogens with two attached hydrogens (primary N) is 1. The highest BCUT2D eigenvalue weighted by Crippen LogP contribution is 2.24. The summed E-state index contributed by atoms with van der Waals surface area (Å²) in [7, 11) is -1.91. The van der Waals surface area contributed by atoms with E-state index in [1.807, 2.05) is 13.8 Å². The summed E-state index contributed by atoms with van der Waals surface area (Å²) in [6.45, 7) is 5.99. The second-order valence-electron chi connectivity index (χ2n) is 3.89. The standard InChI is InChI=1S/C11H18N2O2S/c1-5-13(4)16(14,15)11-7-9(3)8(2)6-10(11)12/h6-7H,5,12H2,1-4H3. The summed E-state index contributed by atoms with van der Waals surface area (Å²) in [5.74, 6) is 0. The second-order valence-corrected chi connectivity index (χ2v) is 5.91. The molecular weight excluding hydrogens is 224 g/mol. The van der Waals surface area contributed by atoms with E-state index >= 15 is 0 Å². The molecule has 0 aromatic heterocycles. The molecule has 0 radical (unpaired) electrons. The van der Waals surface area contributed by atoms with Gasteiger partial charge in [-0.15, -0.1) is 0 Å². The van der Waals surface area contributed by atoms with Crippen molar-refractivity contribution in [3.05, 3.63) is 23.3 Å². The van der Waals surface area contributed by atoms with Gasteiger partial charge in [-0.05, 0) is 37.1 Å². The predicted molar refractivity (Wildman–Crippen MR) is 65.8 cm³/mol. The third-order valence-electron chi connectivity index (χ3n) is 2.76. The highest BCUT2D eigenvalue weighted by molar-refractivity contribution is 7.89. The van der Waals surface area contributed by atoms with Crippen LogP contribution in [0.4, 0.5) is 5.69 Å². The number of aryl methyl sites for hydroxylation is 2. The Labute approximate surface area is 97.1 Å². The van der Waals surface area contributed by atoms with Crippen molar-refractivity contribution in [1.29, 1.82) is 0 Å². The van der Waals surface area contributed by atoms with Crippen molar-refractivity contribution in [2.24, 2.45) is 0 Å². The van der Waals surface area contributed by atoms with Crippen LogP contribution in [-0.4, -0.2) is 26.3 Å². The lowest BCUT2D eigenvalue weighted by Crippen LogP contribution is -2.27. The van der Waals surface area contributed by atoms with Gasteiger partial charge in [-0.3, -0.25) is 0 Å². The van der Waals surface area contributed by atoms with Crippen molar-refractivity contribution in [2.45, 2.75) is 25.7 Å². The van der Waals surface area contributed by atoms with Crippen LogP contribution < -0.4 is 5.73 Å². The number of nitrogen functional groups attached to an aromatic ring is 1. The van der Waals surface area contributed by atoms with Gasteiger partial charge in [-0.2, -0.15) is 0 Å². The average Bonchev–Trinajstić information content (AvgIpc) is 2.21. The van der Waals surface area contributed by atoms with Crippen LogP contribution in [0.25, 0.3) is 0 Å². The minimum Gasteiger partial charge on any atom is -0.398 e. The molecule has 0 bridgehead atoms. The SMILES string of the molecule is CCN(C)S(=O)(=O)c1cc(C)c(C)cc1N. The molecule has 1 rings (SSSR count). The Morgan fingerprint density at radius 2 is 1.75 bits per heavy atom. The van der Waals surface area contributed by atoms with Gasteiger partial charge in [0.2, 0.25) is 10.0 Å². The van der Waals surface area contributed by atoms with E-state index in [-0.39, 0.29) is 4.90 Å². The second kappa shape index (κ2) is 4.43. The molecule has 0 amide bonds. The van der Waals surface area contributed by atoms with Crippen molar-refractivity contribution in [2.75, 3.05) is 19.3 Å². The van der Waals surface area contributed by atoms with Gasteiger partial charge in [-0.25, -0.2) is 12.7 Å². The highest BCUT2D eigenvalue weighted by atomic mass is 32.2. The van der Waals surface area contributed by atoms with Gasteiger partial charge in [0.05, 0.1) is 5.69 Å². The lowest BCUT2D eigenvalue weighted by Gasteiger charge is -2.17. The molecule has 0 fully saturated rings. The number of nitrogens with zero attached hydrogens (tertiary/aromatic N) is 1. The molecule has 90 valence electrons. The molecule has 0 spiro atoms. The topological polar surface area (TPSA) is 63.4 Å². The lowest BCUT2D eigenvalue weighted by molar-refractivity contribution is 0.486. The van der Waals surface area contributed by atoms with Crippen LogP contribution in [0.15, 0.2) is 17.0 Å². The Morgan fingerprint density at radius 1 is 1.25 bits per heavy atom. The van der Waals surface area contributed by atoms with E-state index in [0.717, 1.165) is 11.1 Å². The van der Waals surface area contributed by atoms with E-state index in [1.54, 1.807) is 26.1 Å². The number of hydrogen-bond acceptors (Lipinski definition) is 3. The Balaban J connectivity index is 3.40. The maximum absolute atomic E-state index is 12.1. The summed E-state index contributed by atoms with van der Waals surface area (Å²) in [6, 6.07) is 3.33. The smallest absolute Gasteiger partial charge is 0.244 e. The van der Waals surface area contributed by atoms with E-state index in [0.29, 0.717) is 12.2 Å². The molecule has 4 nitrogen and oxygen atoms in total. The number of benzene rings is 1. The minimum atomic E-state index is -3.45. The molecule has 0 atom stereocenters. The van der Waals surface area contributed by atoms with Crippen LogP contribution in [0.5, 0.6) is 0 Å². The summed E-state index contributed by atoms with van der Waals surface area (Å²) in [6.07, 6.45) is 0. The van der Waals surface area contributed by atoms with E-state index in [1.165, 1.54) is 4.31 Å². The molecule has 0 aliphatic carbocycles. The van der Waals surface area contributed by atoms with Gasteiger partial charge in [0.25, 0.3) is 0 Å². The quantitative estimate of drug-likeness (QED) is 0.817. The fraction of sp³-hybridized carbons (Fsp3) is 0.455. The van der Waals surface area contributed by atoms with Crippen LogP contribution in [0, 0.1) is 13.8 Å². The van der Waals surface area contributed by atoms with Crippen molar-refractivity contribution >= 4 is 15.7 Å². The average molecular weight is 242 g/mol. The summed E-state index contributed by atoms with van der Waals surface area (Å²) >= 11 is 0. The van der Waals surface area contributed by atoms with E-state index in [9.17, 15) is 8.42 Å². The summed E-state index contributed by atoms with van der Waals surface area (Å²) in [5.41, 5.74) is 8.00. The molecule has 0 aliphatic heterocycles. The van der Waals surface area contributed by atoms with Gasteiger partial charge in [0.1, 0.15) is 4.90 Å². The van der Waals surface area contributed by atoms with Crippen molar-refractivity contribution in [1.82, 2.24) is 4.31 Å². The predicted octanol–water partition coefficient (Wildman–Crippen LogP) is 1.53. The van der Waals surface area contributed by atoms with Crippen LogP contribution in [0.3, 0.4) is 0 Å². The molecule has 16 heavy (non-hydrogen) atoms.